The van der Waals surface area contributed by atoms with Crippen LogP contribution in [0.1, 0.15) is 23.2 Å². The molecule has 18 heavy (non-hydrogen) atoms. The van der Waals surface area contributed by atoms with Gasteiger partial charge in [-0.25, -0.2) is 9.37 Å². The number of nitrogens with zero attached hydrogens (tertiary/aromatic N) is 2. The third-order valence-electron chi connectivity index (χ3n) is 3.00. The van der Waals surface area contributed by atoms with Crippen LogP contribution in [0.25, 0.3) is 0 Å². The summed E-state index contributed by atoms with van der Waals surface area (Å²) in [5.74, 6) is -3.05. The number of amides is 1. The van der Waals surface area contributed by atoms with E-state index in [4.69, 9.17) is 0 Å². The molecule has 1 fully saturated rings. The van der Waals surface area contributed by atoms with Crippen molar-refractivity contribution in [1.82, 2.24) is 15.2 Å². The summed E-state index contributed by atoms with van der Waals surface area (Å²) in [6.45, 7) is 3.24. The van der Waals surface area contributed by atoms with Gasteiger partial charge in [0, 0.05) is 19.3 Å². The fourth-order valence-corrected chi connectivity index (χ4v) is 2.02. The molecule has 1 aliphatic heterocycles. The van der Waals surface area contributed by atoms with E-state index in [-0.39, 0.29) is 5.56 Å². The Labute approximate surface area is 104 Å². The average molecular weight is 255 g/mol. The molecule has 0 aliphatic carbocycles. The summed E-state index contributed by atoms with van der Waals surface area (Å²) in [5.41, 5.74) is -0.302. The van der Waals surface area contributed by atoms with Crippen molar-refractivity contribution in [3.05, 3.63) is 29.6 Å². The van der Waals surface area contributed by atoms with E-state index in [1.54, 1.807) is 0 Å². The fraction of sp³-hybridized carbons (Fsp3) is 0.500. The molecule has 0 unspecified atom stereocenters. The second-order valence-corrected chi connectivity index (χ2v) is 4.27. The van der Waals surface area contributed by atoms with E-state index < -0.39 is 17.7 Å². The first-order valence-corrected chi connectivity index (χ1v) is 5.99. The monoisotopic (exact) mass is 255 g/mol. The van der Waals surface area contributed by atoms with Gasteiger partial charge in [-0.05, 0) is 32.0 Å². The van der Waals surface area contributed by atoms with E-state index in [0.717, 1.165) is 25.8 Å². The van der Waals surface area contributed by atoms with Gasteiger partial charge in [0.15, 0.2) is 5.82 Å². The van der Waals surface area contributed by atoms with Crippen LogP contribution in [0, 0.1) is 11.8 Å². The van der Waals surface area contributed by atoms with Gasteiger partial charge in [0.2, 0.25) is 5.95 Å². The molecule has 0 bridgehead atoms. The minimum atomic E-state index is -1.25. The Morgan fingerprint density at radius 3 is 2.83 bits per heavy atom. The second-order valence-electron chi connectivity index (χ2n) is 4.27. The van der Waals surface area contributed by atoms with E-state index >= 15 is 0 Å². The quantitative estimate of drug-likeness (QED) is 0.822. The number of carbonyl (C=O) groups excluding carboxylic acids is 1. The number of carbonyl (C=O) groups is 1. The Hall–Kier alpha value is -1.56. The van der Waals surface area contributed by atoms with Gasteiger partial charge in [0.25, 0.3) is 5.91 Å². The van der Waals surface area contributed by atoms with Crippen molar-refractivity contribution in [1.29, 1.82) is 0 Å². The fourth-order valence-electron chi connectivity index (χ4n) is 2.02. The summed E-state index contributed by atoms with van der Waals surface area (Å²) in [4.78, 5) is 17.0. The Morgan fingerprint density at radius 2 is 2.11 bits per heavy atom. The maximum Gasteiger partial charge on any atom is 0.254 e. The molecule has 0 saturated carbocycles. The summed E-state index contributed by atoms with van der Waals surface area (Å²) in [7, 11) is 0. The summed E-state index contributed by atoms with van der Waals surface area (Å²) in [6, 6.07) is 1.17. The van der Waals surface area contributed by atoms with E-state index in [1.165, 1.54) is 18.9 Å². The molecule has 1 aliphatic rings. The number of aromatic nitrogens is 1. The van der Waals surface area contributed by atoms with Crippen LogP contribution in [0.2, 0.25) is 0 Å². The van der Waals surface area contributed by atoms with Gasteiger partial charge in [-0.3, -0.25) is 4.79 Å². The molecule has 1 amide bonds. The normalized spacial score (nSPS) is 15.9. The number of nitrogens with one attached hydrogen (secondary N) is 1. The van der Waals surface area contributed by atoms with Crippen molar-refractivity contribution in [2.45, 2.75) is 12.8 Å². The van der Waals surface area contributed by atoms with Crippen molar-refractivity contribution in [3.8, 4) is 0 Å². The van der Waals surface area contributed by atoms with Crippen LogP contribution in [0.15, 0.2) is 12.3 Å². The van der Waals surface area contributed by atoms with E-state index in [0.29, 0.717) is 6.54 Å². The summed E-state index contributed by atoms with van der Waals surface area (Å²) < 4.78 is 26.1. The van der Waals surface area contributed by atoms with Gasteiger partial charge in [-0.1, -0.05) is 0 Å². The van der Waals surface area contributed by atoms with Crippen molar-refractivity contribution in [3.63, 3.8) is 0 Å². The van der Waals surface area contributed by atoms with Crippen LogP contribution < -0.4 is 5.32 Å². The number of halogens is 2. The highest BCUT2D eigenvalue weighted by atomic mass is 19.2. The highest BCUT2D eigenvalue weighted by Gasteiger charge is 2.16. The highest BCUT2D eigenvalue weighted by Crippen LogP contribution is 2.09. The molecule has 0 aromatic carbocycles. The Morgan fingerprint density at radius 1 is 1.39 bits per heavy atom. The van der Waals surface area contributed by atoms with Gasteiger partial charge < -0.3 is 10.2 Å². The molecule has 1 N–H and O–H groups in total. The summed E-state index contributed by atoms with van der Waals surface area (Å²) >= 11 is 0. The first-order valence-electron chi connectivity index (χ1n) is 5.99. The van der Waals surface area contributed by atoms with Crippen molar-refractivity contribution < 1.29 is 13.6 Å². The Kier molecular flexibility index (Phi) is 4.19. The molecule has 4 nitrogen and oxygen atoms in total. The zero-order chi connectivity index (χ0) is 13.0. The largest absolute Gasteiger partial charge is 0.351 e. The molecular weight excluding hydrogens is 240 g/mol. The minimum absolute atomic E-state index is 0.302. The molecule has 1 saturated heterocycles. The zero-order valence-electron chi connectivity index (χ0n) is 9.96. The molecular formula is C12H15F2N3O. The third kappa shape index (κ3) is 3.01. The van der Waals surface area contributed by atoms with Crippen LogP contribution >= 0.6 is 0 Å². The standard InChI is InChI=1S/C12H15F2N3O/c13-10-9(3-4-15-11(10)14)12(18)16-5-8-17-6-1-2-7-17/h3-4H,1-2,5-8H2,(H,16,18). The van der Waals surface area contributed by atoms with Crippen LogP contribution in [0.3, 0.4) is 0 Å². The van der Waals surface area contributed by atoms with Crippen LogP contribution in [0.5, 0.6) is 0 Å². The van der Waals surface area contributed by atoms with Crippen molar-refractivity contribution in [2.75, 3.05) is 26.2 Å². The topological polar surface area (TPSA) is 45.2 Å². The van der Waals surface area contributed by atoms with E-state index in [9.17, 15) is 13.6 Å². The molecule has 0 atom stereocenters. The second kappa shape index (κ2) is 5.86. The van der Waals surface area contributed by atoms with Gasteiger partial charge in [0.05, 0.1) is 5.56 Å². The van der Waals surface area contributed by atoms with Crippen LogP contribution in [-0.4, -0.2) is 42.0 Å². The maximum absolute atomic E-state index is 13.3. The van der Waals surface area contributed by atoms with Crippen molar-refractivity contribution in [2.24, 2.45) is 0 Å². The number of pyridine rings is 1. The number of likely N-dealkylation sites (tertiary alicyclic amines) is 1. The minimum Gasteiger partial charge on any atom is -0.351 e. The lowest BCUT2D eigenvalue weighted by Crippen LogP contribution is -2.34. The molecule has 1 aromatic heterocycles. The lowest BCUT2D eigenvalue weighted by molar-refractivity contribution is 0.0944. The third-order valence-corrected chi connectivity index (χ3v) is 3.00. The molecule has 2 heterocycles. The lowest BCUT2D eigenvalue weighted by Gasteiger charge is -2.14. The zero-order valence-corrected chi connectivity index (χ0v) is 9.96. The Balaban J connectivity index is 1.85. The summed E-state index contributed by atoms with van der Waals surface area (Å²) in [6.07, 6.45) is 3.43. The average Bonchev–Trinajstić information content (AvgIpc) is 2.85. The summed E-state index contributed by atoms with van der Waals surface area (Å²) in [5, 5.41) is 2.58. The van der Waals surface area contributed by atoms with Crippen molar-refractivity contribution >= 4 is 5.91 Å². The molecule has 6 heteroatoms. The highest BCUT2D eigenvalue weighted by molar-refractivity contribution is 5.94. The number of hydrogen-bond donors (Lipinski definition) is 1. The van der Waals surface area contributed by atoms with Gasteiger partial charge >= 0.3 is 0 Å². The van der Waals surface area contributed by atoms with E-state index in [1.807, 2.05) is 0 Å². The predicted octanol–water partition coefficient (Wildman–Crippen LogP) is 1.19. The van der Waals surface area contributed by atoms with Gasteiger partial charge in [0.1, 0.15) is 0 Å². The lowest BCUT2D eigenvalue weighted by atomic mass is 10.2. The number of hydrogen-bond acceptors (Lipinski definition) is 3. The van der Waals surface area contributed by atoms with Gasteiger partial charge in [-0.15, -0.1) is 0 Å². The van der Waals surface area contributed by atoms with Crippen LogP contribution in [0.4, 0.5) is 8.78 Å². The first kappa shape index (κ1) is 12.9. The van der Waals surface area contributed by atoms with Crippen LogP contribution in [-0.2, 0) is 0 Å². The number of rotatable bonds is 4. The SMILES string of the molecule is O=C(NCCN1CCCC1)c1ccnc(F)c1F. The van der Waals surface area contributed by atoms with E-state index in [2.05, 4.69) is 15.2 Å². The maximum atomic E-state index is 13.3. The molecule has 2 rings (SSSR count). The molecule has 0 spiro atoms. The van der Waals surface area contributed by atoms with Gasteiger partial charge in [-0.2, -0.15) is 4.39 Å². The predicted molar refractivity (Wildman–Crippen MR) is 62.2 cm³/mol. The molecule has 0 radical (unpaired) electrons. The molecule has 98 valence electrons. The smallest absolute Gasteiger partial charge is 0.254 e. The molecule has 1 aromatic rings. The first-order chi connectivity index (χ1) is 8.68. The Bertz CT molecular complexity index is 433.